The lowest BCUT2D eigenvalue weighted by atomic mass is 10.0. The summed E-state index contributed by atoms with van der Waals surface area (Å²) in [6, 6.07) is 3.95. The molecule has 1 aromatic carbocycles. The highest BCUT2D eigenvalue weighted by Crippen LogP contribution is 2.46. The van der Waals surface area contributed by atoms with E-state index in [2.05, 4.69) is 4.98 Å². The highest BCUT2D eigenvalue weighted by Gasteiger charge is 2.33. The molecule has 0 spiro atoms. The van der Waals surface area contributed by atoms with Crippen LogP contribution in [0.2, 0.25) is 5.02 Å². The van der Waals surface area contributed by atoms with Gasteiger partial charge in [0.05, 0.1) is 18.4 Å². The molecule has 31 heavy (non-hydrogen) atoms. The van der Waals surface area contributed by atoms with Crippen LogP contribution in [-0.4, -0.2) is 43.3 Å². The number of aromatic nitrogens is 1. The molecule has 1 saturated heterocycles. The highest BCUT2D eigenvalue weighted by molar-refractivity contribution is 7.87. The summed E-state index contributed by atoms with van der Waals surface area (Å²) in [6.45, 7) is 2.88. The minimum atomic E-state index is -3.98. The summed E-state index contributed by atoms with van der Waals surface area (Å²) < 4.78 is 53.3. The quantitative estimate of drug-likeness (QED) is 0.634. The standard InChI is InChI=1S/C20H21ClFN3O5S/c1-2-29-20-16(21)8-13(11-23-20)30-18-10-17(22)15(9-14(18)12-4-5-12)19(26)24-31(27,28)25-6-3-7-25/h8-12H,2-7H2,1H3,(H,24,26). The largest absolute Gasteiger partial charge is 0.477 e. The maximum Gasteiger partial charge on any atom is 0.304 e. The Morgan fingerprint density at radius 1 is 1.32 bits per heavy atom. The third kappa shape index (κ3) is 4.76. The fourth-order valence-corrected chi connectivity index (χ4v) is 4.57. The summed E-state index contributed by atoms with van der Waals surface area (Å²) in [5.41, 5.74) is 0.277. The molecule has 2 aliphatic rings. The van der Waals surface area contributed by atoms with Gasteiger partial charge in [-0.3, -0.25) is 4.79 Å². The number of amides is 1. The van der Waals surface area contributed by atoms with E-state index in [4.69, 9.17) is 21.1 Å². The Bertz CT molecular complexity index is 1120. The minimum Gasteiger partial charge on any atom is -0.477 e. The molecule has 2 heterocycles. The van der Waals surface area contributed by atoms with Gasteiger partial charge in [-0.15, -0.1) is 0 Å². The van der Waals surface area contributed by atoms with Crippen molar-refractivity contribution < 1.29 is 27.1 Å². The van der Waals surface area contributed by atoms with E-state index in [1.54, 1.807) is 6.92 Å². The van der Waals surface area contributed by atoms with Crippen molar-refractivity contribution in [3.05, 3.63) is 46.4 Å². The molecule has 1 aliphatic heterocycles. The van der Waals surface area contributed by atoms with Crippen molar-refractivity contribution in [1.82, 2.24) is 14.0 Å². The number of carbonyl (C=O) groups is 1. The number of hydrogen-bond acceptors (Lipinski definition) is 6. The fourth-order valence-electron chi connectivity index (χ4n) is 3.15. The van der Waals surface area contributed by atoms with Crippen LogP contribution >= 0.6 is 11.6 Å². The fraction of sp³-hybridized carbons (Fsp3) is 0.400. The van der Waals surface area contributed by atoms with Crippen molar-refractivity contribution in [3.8, 4) is 17.4 Å². The number of carbonyl (C=O) groups excluding carboxylic acids is 1. The van der Waals surface area contributed by atoms with Gasteiger partial charge < -0.3 is 9.47 Å². The van der Waals surface area contributed by atoms with Crippen LogP contribution in [0.1, 0.15) is 48.0 Å². The molecule has 0 unspecified atom stereocenters. The van der Waals surface area contributed by atoms with E-state index in [9.17, 15) is 17.6 Å². The lowest BCUT2D eigenvalue weighted by Gasteiger charge is -2.29. The Morgan fingerprint density at radius 2 is 2.06 bits per heavy atom. The topological polar surface area (TPSA) is 97.8 Å². The van der Waals surface area contributed by atoms with E-state index in [1.165, 1.54) is 18.3 Å². The molecule has 2 fully saturated rings. The van der Waals surface area contributed by atoms with Gasteiger partial charge in [0.15, 0.2) is 0 Å². The molecule has 166 valence electrons. The Kier molecular flexibility index (Phi) is 6.05. The van der Waals surface area contributed by atoms with Crippen molar-refractivity contribution in [2.45, 2.75) is 32.1 Å². The monoisotopic (exact) mass is 469 g/mol. The third-order valence-electron chi connectivity index (χ3n) is 5.03. The van der Waals surface area contributed by atoms with Gasteiger partial charge in [0.2, 0.25) is 5.88 Å². The van der Waals surface area contributed by atoms with Gasteiger partial charge >= 0.3 is 10.2 Å². The number of nitrogens with zero attached hydrogens (tertiary/aromatic N) is 2. The van der Waals surface area contributed by atoms with Gasteiger partial charge in [0.25, 0.3) is 5.91 Å². The third-order valence-corrected chi connectivity index (χ3v) is 6.79. The molecule has 0 radical (unpaired) electrons. The summed E-state index contributed by atoms with van der Waals surface area (Å²) in [5, 5.41) is 0.250. The molecule has 0 bridgehead atoms. The molecule has 11 heteroatoms. The Balaban J connectivity index is 1.59. The van der Waals surface area contributed by atoms with Crippen LogP contribution in [0.3, 0.4) is 0 Å². The van der Waals surface area contributed by atoms with E-state index >= 15 is 0 Å². The van der Waals surface area contributed by atoms with Crippen LogP contribution in [-0.2, 0) is 10.2 Å². The van der Waals surface area contributed by atoms with Gasteiger partial charge in [-0.2, -0.15) is 12.7 Å². The van der Waals surface area contributed by atoms with Crippen molar-refractivity contribution in [3.63, 3.8) is 0 Å². The van der Waals surface area contributed by atoms with Crippen LogP contribution in [0.15, 0.2) is 24.4 Å². The van der Waals surface area contributed by atoms with Crippen molar-refractivity contribution >= 4 is 27.7 Å². The smallest absolute Gasteiger partial charge is 0.304 e. The molecule has 1 amide bonds. The summed E-state index contributed by atoms with van der Waals surface area (Å²) in [4.78, 5) is 16.6. The molecular formula is C20H21ClFN3O5S. The number of halogens is 2. The van der Waals surface area contributed by atoms with Gasteiger partial charge in [0.1, 0.15) is 22.3 Å². The highest BCUT2D eigenvalue weighted by atomic mass is 35.5. The van der Waals surface area contributed by atoms with Gasteiger partial charge in [-0.25, -0.2) is 14.1 Å². The van der Waals surface area contributed by atoms with Gasteiger partial charge in [0, 0.05) is 25.2 Å². The molecule has 4 rings (SSSR count). The molecule has 1 N–H and O–H groups in total. The molecule has 2 aromatic rings. The van der Waals surface area contributed by atoms with Crippen LogP contribution in [0.5, 0.6) is 17.4 Å². The first kappa shape index (κ1) is 21.8. The van der Waals surface area contributed by atoms with Crippen molar-refractivity contribution in [2.24, 2.45) is 0 Å². The van der Waals surface area contributed by atoms with E-state index < -0.39 is 21.9 Å². The van der Waals surface area contributed by atoms with Gasteiger partial charge in [-0.05, 0) is 43.7 Å². The minimum absolute atomic E-state index is 0.0975. The first-order chi connectivity index (χ1) is 14.8. The first-order valence-electron chi connectivity index (χ1n) is 9.90. The van der Waals surface area contributed by atoms with Crippen LogP contribution in [0, 0.1) is 5.82 Å². The maximum atomic E-state index is 14.8. The number of hydrogen-bond donors (Lipinski definition) is 1. The average molecular weight is 470 g/mol. The molecule has 1 aliphatic carbocycles. The molecule has 0 atom stereocenters. The van der Waals surface area contributed by atoms with E-state index in [0.29, 0.717) is 25.3 Å². The Labute approximate surface area is 184 Å². The van der Waals surface area contributed by atoms with Crippen molar-refractivity contribution in [2.75, 3.05) is 19.7 Å². The Hall–Kier alpha value is -2.43. The van der Waals surface area contributed by atoms with Crippen LogP contribution in [0.25, 0.3) is 0 Å². The molecule has 1 aromatic heterocycles. The second-order valence-corrected chi connectivity index (χ2v) is 9.40. The van der Waals surface area contributed by atoms with Crippen molar-refractivity contribution in [1.29, 1.82) is 0 Å². The summed E-state index contributed by atoms with van der Waals surface area (Å²) in [5.74, 6) is -1.03. The first-order valence-corrected chi connectivity index (χ1v) is 11.7. The van der Waals surface area contributed by atoms with Gasteiger partial charge in [-0.1, -0.05) is 11.6 Å². The lowest BCUT2D eigenvalue weighted by molar-refractivity contribution is 0.0973. The SMILES string of the molecule is CCOc1ncc(Oc2cc(F)c(C(=O)NS(=O)(=O)N3CCC3)cc2C2CC2)cc1Cl. The van der Waals surface area contributed by atoms with Crippen LogP contribution in [0.4, 0.5) is 4.39 Å². The number of pyridine rings is 1. The number of ether oxygens (including phenoxy) is 2. The molecule has 1 saturated carbocycles. The summed E-state index contributed by atoms with van der Waals surface area (Å²) in [6.07, 6.45) is 3.85. The average Bonchev–Trinajstić information content (AvgIpc) is 3.47. The predicted octanol–water partition coefficient (Wildman–Crippen LogP) is 3.62. The molecular weight excluding hydrogens is 449 g/mol. The predicted molar refractivity (Wildman–Crippen MR) is 111 cm³/mol. The Morgan fingerprint density at radius 3 is 2.65 bits per heavy atom. The maximum absolute atomic E-state index is 14.8. The summed E-state index contributed by atoms with van der Waals surface area (Å²) in [7, 11) is -3.98. The van der Waals surface area contributed by atoms with E-state index in [-0.39, 0.29) is 33.9 Å². The number of nitrogens with one attached hydrogen (secondary N) is 1. The summed E-state index contributed by atoms with van der Waals surface area (Å²) >= 11 is 6.14. The van der Waals surface area contributed by atoms with E-state index in [1.807, 2.05) is 4.72 Å². The number of benzene rings is 1. The second kappa shape index (κ2) is 8.60. The molecule has 8 nitrogen and oxygen atoms in total. The zero-order chi connectivity index (χ0) is 22.2. The number of rotatable bonds is 8. The second-order valence-electron chi connectivity index (χ2n) is 7.33. The van der Waals surface area contributed by atoms with E-state index in [0.717, 1.165) is 29.6 Å². The van der Waals surface area contributed by atoms with Crippen LogP contribution < -0.4 is 14.2 Å². The normalized spacial score (nSPS) is 16.5. The zero-order valence-electron chi connectivity index (χ0n) is 16.7. The zero-order valence-corrected chi connectivity index (χ0v) is 18.3. The lowest BCUT2D eigenvalue weighted by Crippen LogP contribution is -2.49.